The number of carbonyl (C=O) groups is 3. The van der Waals surface area contributed by atoms with E-state index in [2.05, 4.69) is 5.32 Å². The Balaban J connectivity index is 2.02. The van der Waals surface area contributed by atoms with Gasteiger partial charge in [0.2, 0.25) is 5.91 Å². The van der Waals surface area contributed by atoms with Crippen molar-refractivity contribution in [3.05, 3.63) is 0 Å². The summed E-state index contributed by atoms with van der Waals surface area (Å²) in [4.78, 5) is 36.8. The largest absolute Gasteiger partial charge is 0.481 e. The molecule has 0 aliphatic heterocycles. The second-order valence-electron chi connectivity index (χ2n) is 6.41. The Morgan fingerprint density at radius 3 is 2.00 bits per heavy atom. The minimum atomic E-state index is -1.18. The van der Waals surface area contributed by atoms with Crippen LogP contribution in [0.3, 0.4) is 0 Å². The average Bonchev–Trinajstić information content (AvgIpc) is 2.48. The van der Waals surface area contributed by atoms with Gasteiger partial charge in [-0.25, -0.2) is 4.79 Å². The lowest BCUT2D eigenvalue weighted by molar-refractivity contribution is -0.143. The molecule has 0 unspecified atom stereocenters. The van der Waals surface area contributed by atoms with Crippen molar-refractivity contribution in [2.75, 3.05) is 0 Å². The van der Waals surface area contributed by atoms with Crippen LogP contribution in [-0.2, 0) is 9.59 Å². The molecule has 124 valence electrons. The Morgan fingerprint density at radius 1 is 0.909 bits per heavy atom. The molecule has 0 bridgehead atoms. The Labute approximate surface area is 131 Å². The molecule has 0 aromatic heterocycles. The topological polar surface area (TPSA) is 86.7 Å². The Bertz CT molecular complexity index is 412. The van der Waals surface area contributed by atoms with Crippen LogP contribution < -0.4 is 5.32 Å². The van der Waals surface area contributed by atoms with Crippen molar-refractivity contribution in [3.8, 4) is 0 Å². The first-order valence-electron chi connectivity index (χ1n) is 8.42. The summed E-state index contributed by atoms with van der Waals surface area (Å²) in [5.74, 6) is -1.77. The molecule has 6 nitrogen and oxygen atoms in total. The SMILES string of the molecule is O=C(O)CC(=O)N(C(=O)NC1CCCCC1)C1CCCCC1. The van der Waals surface area contributed by atoms with Crippen molar-refractivity contribution < 1.29 is 19.5 Å². The van der Waals surface area contributed by atoms with Gasteiger partial charge in [-0.1, -0.05) is 38.5 Å². The van der Waals surface area contributed by atoms with Crippen LogP contribution in [-0.4, -0.2) is 40.0 Å². The summed E-state index contributed by atoms with van der Waals surface area (Å²) in [6.45, 7) is 0. The second kappa shape index (κ2) is 8.15. The molecule has 22 heavy (non-hydrogen) atoms. The van der Waals surface area contributed by atoms with Gasteiger partial charge in [-0.15, -0.1) is 0 Å². The lowest BCUT2D eigenvalue weighted by Crippen LogP contribution is -2.53. The van der Waals surface area contributed by atoms with E-state index >= 15 is 0 Å². The number of aliphatic carboxylic acids is 1. The number of carbonyl (C=O) groups excluding carboxylic acids is 2. The van der Waals surface area contributed by atoms with E-state index in [4.69, 9.17) is 5.11 Å². The third-order valence-corrected chi connectivity index (χ3v) is 4.66. The van der Waals surface area contributed by atoms with Gasteiger partial charge < -0.3 is 10.4 Å². The van der Waals surface area contributed by atoms with Crippen LogP contribution in [0.5, 0.6) is 0 Å². The maximum atomic E-state index is 12.5. The number of imide groups is 1. The van der Waals surface area contributed by atoms with Gasteiger partial charge in [-0.05, 0) is 25.7 Å². The fourth-order valence-electron chi connectivity index (χ4n) is 3.53. The number of urea groups is 1. The molecular formula is C16H26N2O4. The van der Waals surface area contributed by atoms with Gasteiger partial charge in [0.25, 0.3) is 0 Å². The highest BCUT2D eigenvalue weighted by Gasteiger charge is 2.32. The van der Waals surface area contributed by atoms with Crippen molar-refractivity contribution in [1.82, 2.24) is 10.2 Å². The molecule has 0 radical (unpaired) electrons. The van der Waals surface area contributed by atoms with Gasteiger partial charge in [-0.2, -0.15) is 0 Å². The normalized spacial score (nSPS) is 20.4. The molecule has 0 heterocycles. The van der Waals surface area contributed by atoms with E-state index in [9.17, 15) is 14.4 Å². The van der Waals surface area contributed by atoms with Gasteiger partial charge in [-0.3, -0.25) is 14.5 Å². The summed E-state index contributed by atoms with van der Waals surface area (Å²) < 4.78 is 0. The summed E-state index contributed by atoms with van der Waals surface area (Å²) in [6.07, 6.45) is 9.29. The van der Waals surface area contributed by atoms with E-state index < -0.39 is 24.3 Å². The van der Waals surface area contributed by atoms with E-state index in [1.807, 2.05) is 0 Å². The minimum absolute atomic E-state index is 0.116. The number of carboxylic acids is 1. The number of nitrogens with zero attached hydrogens (tertiary/aromatic N) is 1. The van der Waals surface area contributed by atoms with Gasteiger partial charge in [0.15, 0.2) is 0 Å². The fraction of sp³-hybridized carbons (Fsp3) is 0.812. The molecule has 0 aromatic rings. The predicted octanol–water partition coefficient (Wildman–Crippen LogP) is 2.66. The zero-order chi connectivity index (χ0) is 15.9. The van der Waals surface area contributed by atoms with E-state index in [0.717, 1.165) is 57.8 Å². The molecular weight excluding hydrogens is 284 g/mol. The Kier molecular flexibility index (Phi) is 6.21. The molecule has 2 aliphatic carbocycles. The fourth-order valence-corrected chi connectivity index (χ4v) is 3.53. The molecule has 3 amide bonds. The molecule has 2 aliphatic rings. The molecule has 2 rings (SSSR count). The van der Waals surface area contributed by atoms with Crippen molar-refractivity contribution in [1.29, 1.82) is 0 Å². The quantitative estimate of drug-likeness (QED) is 0.782. The summed E-state index contributed by atoms with van der Waals surface area (Å²) >= 11 is 0. The van der Waals surface area contributed by atoms with Gasteiger partial charge in [0, 0.05) is 12.1 Å². The van der Waals surface area contributed by atoms with Crippen LogP contribution in [0, 0.1) is 0 Å². The maximum absolute atomic E-state index is 12.5. The van der Waals surface area contributed by atoms with Gasteiger partial charge in [0.05, 0.1) is 0 Å². The van der Waals surface area contributed by atoms with Crippen molar-refractivity contribution in [3.63, 3.8) is 0 Å². The summed E-state index contributed by atoms with van der Waals surface area (Å²) in [5.41, 5.74) is 0. The molecule has 2 saturated carbocycles. The monoisotopic (exact) mass is 310 g/mol. The van der Waals surface area contributed by atoms with Crippen molar-refractivity contribution in [2.45, 2.75) is 82.7 Å². The van der Waals surface area contributed by atoms with Crippen LogP contribution >= 0.6 is 0 Å². The number of amides is 3. The Morgan fingerprint density at radius 2 is 1.45 bits per heavy atom. The summed E-state index contributed by atoms with van der Waals surface area (Å²) in [5, 5.41) is 11.8. The lowest BCUT2D eigenvalue weighted by Gasteiger charge is -2.34. The molecule has 6 heteroatoms. The summed E-state index contributed by atoms with van der Waals surface area (Å²) in [6, 6.07) is -0.431. The van der Waals surface area contributed by atoms with Crippen LogP contribution in [0.1, 0.15) is 70.6 Å². The Hall–Kier alpha value is -1.59. The van der Waals surface area contributed by atoms with Gasteiger partial charge >= 0.3 is 12.0 Å². The third-order valence-electron chi connectivity index (χ3n) is 4.66. The molecule has 0 spiro atoms. The molecule has 2 fully saturated rings. The van der Waals surface area contributed by atoms with Crippen LogP contribution in [0.4, 0.5) is 4.79 Å². The lowest BCUT2D eigenvalue weighted by atomic mass is 9.93. The number of nitrogens with one attached hydrogen (secondary N) is 1. The first-order valence-corrected chi connectivity index (χ1v) is 8.42. The smallest absolute Gasteiger partial charge is 0.324 e. The number of rotatable bonds is 4. The highest BCUT2D eigenvalue weighted by Crippen LogP contribution is 2.24. The summed E-state index contributed by atoms with van der Waals surface area (Å²) in [7, 11) is 0. The van der Waals surface area contributed by atoms with E-state index in [1.165, 1.54) is 11.3 Å². The van der Waals surface area contributed by atoms with Crippen molar-refractivity contribution in [2.24, 2.45) is 0 Å². The van der Waals surface area contributed by atoms with Crippen LogP contribution in [0.15, 0.2) is 0 Å². The molecule has 0 aromatic carbocycles. The highest BCUT2D eigenvalue weighted by molar-refractivity contribution is 6.02. The standard InChI is InChI=1S/C16H26N2O4/c19-14(11-15(20)21)18(13-9-5-2-6-10-13)16(22)17-12-7-3-1-4-8-12/h12-13H,1-11H2,(H,17,22)(H,20,21). The third kappa shape index (κ3) is 4.71. The second-order valence-corrected chi connectivity index (χ2v) is 6.41. The zero-order valence-electron chi connectivity index (χ0n) is 13.1. The van der Waals surface area contributed by atoms with E-state index in [-0.39, 0.29) is 12.1 Å². The van der Waals surface area contributed by atoms with Crippen molar-refractivity contribution >= 4 is 17.9 Å². The first kappa shape index (κ1) is 16.8. The highest BCUT2D eigenvalue weighted by atomic mass is 16.4. The minimum Gasteiger partial charge on any atom is -0.481 e. The van der Waals surface area contributed by atoms with E-state index in [1.54, 1.807) is 0 Å². The van der Waals surface area contributed by atoms with Crippen LogP contribution in [0.25, 0.3) is 0 Å². The number of hydrogen-bond donors (Lipinski definition) is 2. The molecule has 0 saturated heterocycles. The number of hydrogen-bond acceptors (Lipinski definition) is 3. The zero-order valence-corrected chi connectivity index (χ0v) is 13.1. The molecule has 2 N–H and O–H groups in total. The maximum Gasteiger partial charge on any atom is 0.324 e. The number of carboxylic acid groups (broad SMARTS) is 1. The predicted molar refractivity (Wildman–Crippen MR) is 81.4 cm³/mol. The van der Waals surface area contributed by atoms with Crippen LogP contribution in [0.2, 0.25) is 0 Å². The first-order chi connectivity index (χ1) is 10.6. The van der Waals surface area contributed by atoms with E-state index in [0.29, 0.717) is 0 Å². The van der Waals surface area contributed by atoms with Gasteiger partial charge in [0.1, 0.15) is 6.42 Å². The molecule has 0 atom stereocenters. The average molecular weight is 310 g/mol.